The van der Waals surface area contributed by atoms with Crippen molar-refractivity contribution in [2.45, 2.75) is 47.0 Å². The normalized spacial score (nSPS) is 10.6. The molecule has 0 saturated heterocycles. The third-order valence-corrected chi connectivity index (χ3v) is 5.87. The highest BCUT2D eigenvalue weighted by atomic mass is 16.5. The maximum Gasteiger partial charge on any atom is 0.197 e. The number of aromatic hydroxyl groups is 2. The topological polar surface area (TPSA) is 91.9 Å². The summed E-state index contributed by atoms with van der Waals surface area (Å²) in [5, 5.41) is 24.3. The molecular weight excluding hydrogens is 454 g/mol. The number of carbonyl (C=O) groups is 1. The number of phenols is 2. The summed E-state index contributed by atoms with van der Waals surface area (Å²) >= 11 is 0. The number of nitrogens with one attached hydrogen (secondary N) is 1. The van der Waals surface area contributed by atoms with E-state index in [-0.39, 0.29) is 17.3 Å². The maximum atomic E-state index is 13.6. The molecule has 4 rings (SSSR count). The first-order valence-electron chi connectivity index (χ1n) is 12.4. The zero-order chi connectivity index (χ0) is 26.2. The molecule has 4 aromatic rings. The molecule has 0 amide bonds. The molecule has 36 heavy (non-hydrogen) atoms. The highest BCUT2D eigenvalue weighted by Gasteiger charge is 2.24. The summed E-state index contributed by atoms with van der Waals surface area (Å²) in [7, 11) is 1.69. The van der Waals surface area contributed by atoms with Gasteiger partial charge in [-0.05, 0) is 42.7 Å². The van der Waals surface area contributed by atoms with Gasteiger partial charge in [-0.25, -0.2) is 0 Å². The van der Waals surface area contributed by atoms with E-state index >= 15 is 0 Å². The molecule has 0 radical (unpaired) electrons. The molecule has 0 unspecified atom stereocenters. The average Bonchev–Trinajstić information content (AvgIpc) is 3.23. The van der Waals surface area contributed by atoms with Gasteiger partial charge in [-0.3, -0.25) is 4.79 Å². The quantitative estimate of drug-likeness (QED) is 0.173. The predicted octanol–water partition coefficient (Wildman–Crippen LogP) is 7.03. The molecule has 0 spiro atoms. The van der Waals surface area contributed by atoms with Gasteiger partial charge in [0.2, 0.25) is 0 Å². The Morgan fingerprint density at radius 1 is 1.03 bits per heavy atom. The molecule has 0 aliphatic heterocycles. The van der Waals surface area contributed by atoms with Crippen LogP contribution in [0.25, 0.3) is 11.0 Å². The number of benzene rings is 3. The molecule has 3 N–H and O–H groups in total. The first-order valence-corrected chi connectivity index (χ1v) is 12.4. The molecule has 0 fully saturated rings. The summed E-state index contributed by atoms with van der Waals surface area (Å²) in [6.07, 6.45) is 2.08. The Hall–Kier alpha value is -3.93. The number of carbonyl (C=O) groups excluding carboxylic acids is 1. The van der Waals surface area contributed by atoms with Crippen molar-refractivity contribution >= 4 is 22.4 Å². The third kappa shape index (κ3) is 5.65. The van der Waals surface area contributed by atoms with Crippen LogP contribution in [0.4, 0.5) is 5.69 Å². The van der Waals surface area contributed by atoms with Crippen LogP contribution in [0, 0.1) is 6.92 Å². The maximum absolute atomic E-state index is 13.6. The van der Waals surface area contributed by atoms with Crippen LogP contribution in [0.5, 0.6) is 17.2 Å². The van der Waals surface area contributed by atoms with Crippen LogP contribution in [-0.4, -0.2) is 29.7 Å². The second kappa shape index (κ2) is 12.2. The van der Waals surface area contributed by atoms with E-state index in [0.29, 0.717) is 64.3 Å². The standard InChI is InChI=1S/C28H29NO5.C2H6/c1-4-8-23-26(28(32)19-13-17(2)27(31)21(14-19)29-3)20-15-22(30)25(16-24(20)34-23)33-12-11-18-9-6-5-7-10-18;1-2/h5-7,9-10,13-16,29-31H,4,8,11-12H2,1-3H3;1-2H3. The van der Waals surface area contributed by atoms with Gasteiger partial charge in [-0.2, -0.15) is 0 Å². The summed E-state index contributed by atoms with van der Waals surface area (Å²) in [6.45, 7) is 8.16. The lowest BCUT2D eigenvalue weighted by molar-refractivity contribution is 0.103. The molecular formula is C30H35NO5. The largest absolute Gasteiger partial charge is 0.506 e. The second-order valence-electron chi connectivity index (χ2n) is 8.32. The first kappa shape index (κ1) is 26.7. The fourth-order valence-corrected chi connectivity index (χ4v) is 4.10. The van der Waals surface area contributed by atoms with E-state index in [2.05, 4.69) is 5.32 Å². The number of fused-ring (bicyclic) bond motifs is 1. The van der Waals surface area contributed by atoms with E-state index in [1.54, 1.807) is 32.2 Å². The van der Waals surface area contributed by atoms with Gasteiger partial charge in [0.05, 0.1) is 17.9 Å². The third-order valence-electron chi connectivity index (χ3n) is 5.87. The lowest BCUT2D eigenvalue weighted by atomic mass is 9.96. The Balaban J connectivity index is 0.00000176. The molecule has 190 valence electrons. The van der Waals surface area contributed by atoms with Crippen LogP contribution in [0.15, 0.2) is 59.0 Å². The van der Waals surface area contributed by atoms with Gasteiger partial charge in [0.25, 0.3) is 0 Å². The van der Waals surface area contributed by atoms with E-state index < -0.39 is 0 Å². The zero-order valence-corrected chi connectivity index (χ0v) is 21.6. The molecule has 1 aromatic heterocycles. The van der Waals surface area contributed by atoms with Gasteiger partial charge in [-0.1, -0.05) is 51.1 Å². The molecule has 0 atom stereocenters. The Labute approximate surface area is 212 Å². The van der Waals surface area contributed by atoms with Crippen molar-refractivity contribution in [3.05, 3.63) is 82.6 Å². The molecule has 0 bridgehead atoms. The van der Waals surface area contributed by atoms with E-state index in [9.17, 15) is 15.0 Å². The first-order chi connectivity index (χ1) is 17.4. The SMILES string of the molecule is CC.CCCc1oc2cc(OCCc3ccccc3)c(O)cc2c1C(=O)c1cc(C)c(O)c(NC)c1. The monoisotopic (exact) mass is 489 g/mol. The van der Waals surface area contributed by atoms with Crippen molar-refractivity contribution in [2.75, 3.05) is 19.0 Å². The number of anilines is 1. The summed E-state index contributed by atoms with van der Waals surface area (Å²) in [6, 6.07) is 16.4. The van der Waals surface area contributed by atoms with E-state index in [4.69, 9.17) is 9.15 Å². The van der Waals surface area contributed by atoms with Gasteiger partial charge in [0.1, 0.15) is 17.1 Å². The van der Waals surface area contributed by atoms with Crippen molar-refractivity contribution in [3.63, 3.8) is 0 Å². The molecule has 0 aliphatic rings. The van der Waals surface area contributed by atoms with Crippen molar-refractivity contribution in [2.24, 2.45) is 0 Å². The number of furan rings is 1. The second-order valence-corrected chi connectivity index (χ2v) is 8.32. The van der Waals surface area contributed by atoms with E-state index in [1.807, 2.05) is 51.1 Å². The van der Waals surface area contributed by atoms with Crippen LogP contribution in [0.1, 0.15) is 60.0 Å². The molecule has 6 heteroatoms. The molecule has 1 heterocycles. The number of rotatable bonds is 9. The van der Waals surface area contributed by atoms with Gasteiger partial charge < -0.3 is 24.7 Å². The van der Waals surface area contributed by atoms with Gasteiger partial charge in [0.15, 0.2) is 17.3 Å². The lowest BCUT2D eigenvalue weighted by Gasteiger charge is -2.10. The Morgan fingerprint density at radius 3 is 2.42 bits per heavy atom. The van der Waals surface area contributed by atoms with Gasteiger partial charge in [-0.15, -0.1) is 0 Å². The predicted molar refractivity (Wildman–Crippen MR) is 145 cm³/mol. The Kier molecular flexibility index (Phi) is 9.01. The fourth-order valence-electron chi connectivity index (χ4n) is 4.10. The number of hydrogen-bond acceptors (Lipinski definition) is 6. The Bertz CT molecular complexity index is 1320. The van der Waals surface area contributed by atoms with Crippen LogP contribution in [0.3, 0.4) is 0 Å². The molecule has 3 aromatic carbocycles. The summed E-state index contributed by atoms with van der Waals surface area (Å²) in [5.74, 6) is 0.729. The minimum atomic E-state index is -0.223. The number of ether oxygens (including phenoxy) is 1. The fraction of sp³-hybridized carbons (Fsp3) is 0.300. The van der Waals surface area contributed by atoms with Crippen LogP contribution < -0.4 is 10.1 Å². The van der Waals surface area contributed by atoms with E-state index in [0.717, 1.165) is 12.0 Å². The number of hydrogen-bond donors (Lipinski definition) is 3. The average molecular weight is 490 g/mol. The van der Waals surface area contributed by atoms with Crippen LogP contribution >= 0.6 is 0 Å². The lowest BCUT2D eigenvalue weighted by Crippen LogP contribution is -2.06. The molecule has 0 aliphatic carbocycles. The van der Waals surface area contributed by atoms with Gasteiger partial charge >= 0.3 is 0 Å². The summed E-state index contributed by atoms with van der Waals surface area (Å²) < 4.78 is 11.9. The van der Waals surface area contributed by atoms with Crippen molar-refractivity contribution in [1.29, 1.82) is 0 Å². The number of aryl methyl sites for hydroxylation is 2. The summed E-state index contributed by atoms with van der Waals surface area (Å²) in [4.78, 5) is 13.6. The van der Waals surface area contributed by atoms with Crippen molar-refractivity contribution in [1.82, 2.24) is 0 Å². The molecule has 0 saturated carbocycles. The summed E-state index contributed by atoms with van der Waals surface area (Å²) in [5.41, 5.74) is 3.56. The minimum Gasteiger partial charge on any atom is -0.506 e. The van der Waals surface area contributed by atoms with Crippen LogP contribution in [0.2, 0.25) is 0 Å². The molecule has 6 nitrogen and oxygen atoms in total. The zero-order valence-electron chi connectivity index (χ0n) is 21.6. The van der Waals surface area contributed by atoms with Crippen molar-refractivity contribution in [3.8, 4) is 17.2 Å². The van der Waals surface area contributed by atoms with Crippen molar-refractivity contribution < 1.29 is 24.2 Å². The van der Waals surface area contributed by atoms with E-state index in [1.165, 1.54) is 6.07 Å². The van der Waals surface area contributed by atoms with Crippen LogP contribution in [-0.2, 0) is 12.8 Å². The number of ketones is 1. The van der Waals surface area contributed by atoms with Gasteiger partial charge in [0, 0.05) is 36.9 Å². The highest BCUT2D eigenvalue weighted by Crippen LogP contribution is 2.38. The smallest absolute Gasteiger partial charge is 0.197 e. The minimum absolute atomic E-state index is 0.0451. The number of phenolic OH excluding ortho intramolecular Hbond substituents is 2. The highest BCUT2D eigenvalue weighted by molar-refractivity contribution is 6.17. The Morgan fingerprint density at radius 2 is 1.75 bits per heavy atom.